The molecule has 0 spiro atoms. The van der Waals surface area contributed by atoms with E-state index < -0.39 is 0 Å². The van der Waals surface area contributed by atoms with Crippen molar-refractivity contribution in [1.29, 1.82) is 0 Å². The molecule has 0 saturated heterocycles. The Morgan fingerprint density at radius 1 is 1.12 bits per heavy atom. The van der Waals surface area contributed by atoms with Crippen molar-refractivity contribution in [2.75, 3.05) is 17.2 Å². The van der Waals surface area contributed by atoms with Gasteiger partial charge in [-0.1, -0.05) is 30.3 Å². The number of aromatic nitrogens is 2. The van der Waals surface area contributed by atoms with Gasteiger partial charge in [0.15, 0.2) is 0 Å². The van der Waals surface area contributed by atoms with E-state index in [0.717, 1.165) is 17.0 Å². The van der Waals surface area contributed by atoms with Crippen LogP contribution in [0.3, 0.4) is 0 Å². The van der Waals surface area contributed by atoms with Gasteiger partial charge in [0.2, 0.25) is 5.95 Å². The van der Waals surface area contributed by atoms with E-state index in [0.29, 0.717) is 18.3 Å². The average Bonchev–Trinajstić information content (AvgIpc) is 3.14. The van der Waals surface area contributed by atoms with Crippen LogP contribution >= 0.6 is 0 Å². The Morgan fingerprint density at radius 3 is 2.67 bits per heavy atom. The van der Waals surface area contributed by atoms with Crippen molar-refractivity contribution in [2.24, 2.45) is 0 Å². The van der Waals surface area contributed by atoms with E-state index in [4.69, 9.17) is 4.42 Å². The molecule has 3 N–H and O–H groups in total. The zero-order valence-corrected chi connectivity index (χ0v) is 13.4. The molecule has 2 heterocycles. The number of hydrogen-bond donors (Lipinski definition) is 3. The SMILES string of the molecule is C[C@H](CO)Nc1nc(NCc2ccco2)cc(-c2ccccc2)n1. The van der Waals surface area contributed by atoms with Crippen LogP contribution in [-0.4, -0.2) is 27.7 Å². The Balaban J connectivity index is 1.87. The predicted molar refractivity (Wildman–Crippen MR) is 93.7 cm³/mol. The number of hydrogen-bond acceptors (Lipinski definition) is 6. The molecule has 0 radical (unpaired) electrons. The summed E-state index contributed by atoms with van der Waals surface area (Å²) >= 11 is 0. The first-order valence-electron chi connectivity index (χ1n) is 7.83. The lowest BCUT2D eigenvalue weighted by molar-refractivity contribution is 0.281. The van der Waals surface area contributed by atoms with E-state index in [1.807, 2.05) is 55.5 Å². The highest BCUT2D eigenvalue weighted by Gasteiger charge is 2.09. The maximum absolute atomic E-state index is 9.23. The van der Waals surface area contributed by atoms with E-state index in [9.17, 15) is 5.11 Å². The number of nitrogens with zero attached hydrogens (tertiary/aromatic N) is 2. The number of anilines is 2. The van der Waals surface area contributed by atoms with Crippen LogP contribution in [0.5, 0.6) is 0 Å². The van der Waals surface area contributed by atoms with Gasteiger partial charge < -0.3 is 20.2 Å². The molecule has 0 aliphatic heterocycles. The number of rotatable bonds is 7. The third-order valence-electron chi connectivity index (χ3n) is 3.47. The van der Waals surface area contributed by atoms with Crippen LogP contribution < -0.4 is 10.6 Å². The van der Waals surface area contributed by atoms with Crippen LogP contribution in [0.25, 0.3) is 11.3 Å². The van der Waals surface area contributed by atoms with E-state index in [-0.39, 0.29) is 12.6 Å². The van der Waals surface area contributed by atoms with Crippen LogP contribution in [0, 0.1) is 0 Å². The zero-order chi connectivity index (χ0) is 16.8. The van der Waals surface area contributed by atoms with Gasteiger partial charge in [0, 0.05) is 17.7 Å². The Bertz CT molecular complexity index is 760. The highest BCUT2D eigenvalue weighted by atomic mass is 16.3. The first-order chi connectivity index (χ1) is 11.7. The lowest BCUT2D eigenvalue weighted by Crippen LogP contribution is -2.21. The van der Waals surface area contributed by atoms with Crippen molar-refractivity contribution >= 4 is 11.8 Å². The molecule has 6 heteroatoms. The van der Waals surface area contributed by atoms with Crippen molar-refractivity contribution in [2.45, 2.75) is 19.5 Å². The molecule has 0 aliphatic carbocycles. The molecule has 2 aromatic heterocycles. The summed E-state index contributed by atoms with van der Waals surface area (Å²) in [6.07, 6.45) is 1.64. The average molecular weight is 324 g/mol. The number of benzene rings is 1. The Morgan fingerprint density at radius 2 is 1.96 bits per heavy atom. The van der Waals surface area contributed by atoms with Gasteiger partial charge in [-0.2, -0.15) is 4.98 Å². The van der Waals surface area contributed by atoms with Gasteiger partial charge in [-0.3, -0.25) is 0 Å². The van der Waals surface area contributed by atoms with E-state index in [1.165, 1.54) is 0 Å². The van der Waals surface area contributed by atoms with Gasteiger partial charge in [0.05, 0.1) is 25.1 Å². The van der Waals surface area contributed by atoms with Crippen LogP contribution in [0.15, 0.2) is 59.2 Å². The van der Waals surface area contributed by atoms with E-state index in [1.54, 1.807) is 6.26 Å². The van der Waals surface area contributed by atoms with Crippen molar-refractivity contribution in [1.82, 2.24) is 9.97 Å². The number of nitrogens with one attached hydrogen (secondary N) is 2. The standard InChI is InChI=1S/C18H20N4O2/c1-13(12-23)20-18-21-16(14-6-3-2-4-7-14)10-17(22-18)19-11-15-8-5-9-24-15/h2-10,13,23H,11-12H2,1H3,(H2,19,20,21,22)/t13-/m1/s1. The summed E-state index contributed by atoms with van der Waals surface area (Å²) in [6.45, 7) is 2.41. The van der Waals surface area contributed by atoms with Gasteiger partial charge in [-0.05, 0) is 19.1 Å². The minimum Gasteiger partial charge on any atom is -0.467 e. The predicted octanol–water partition coefficient (Wildman–Crippen LogP) is 3.14. The molecule has 24 heavy (non-hydrogen) atoms. The van der Waals surface area contributed by atoms with Crippen molar-refractivity contribution < 1.29 is 9.52 Å². The minimum atomic E-state index is -0.131. The quantitative estimate of drug-likeness (QED) is 0.619. The molecule has 1 atom stereocenters. The lowest BCUT2D eigenvalue weighted by atomic mass is 10.1. The Kier molecular flexibility index (Phi) is 5.08. The Hall–Kier alpha value is -2.86. The molecule has 0 unspecified atom stereocenters. The molecule has 0 fully saturated rings. The second-order valence-corrected chi connectivity index (χ2v) is 5.49. The van der Waals surface area contributed by atoms with E-state index in [2.05, 4.69) is 20.6 Å². The number of furan rings is 1. The molecule has 0 amide bonds. The number of aliphatic hydroxyl groups excluding tert-OH is 1. The molecule has 0 aliphatic rings. The molecule has 124 valence electrons. The molecule has 0 bridgehead atoms. The largest absolute Gasteiger partial charge is 0.467 e. The minimum absolute atomic E-state index is 0.00802. The third-order valence-corrected chi connectivity index (χ3v) is 3.47. The fourth-order valence-electron chi connectivity index (χ4n) is 2.22. The summed E-state index contributed by atoms with van der Waals surface area (Å²) in [5.41, 5.74) is 1.81. The molecular formula is C18H20N4O2. The summed E-state index contributed by atoms with van der Waals surface area (Å²) in [5, 5.41) is 15.6. The van der Waals surface area contributed by atoms with Gasteiger partial charge in [-0.15, -0.1) is 0 Å². The van der Waals surface area contributed by atoms with Gasteiger partial charge in [-0.25, -0.2) is 4.98 Å². The fraction of sp³-hybridized carbons (Fsp3) is 0.222. The van der Waals surface area contributed by atoms with Gasteiger partial charge in [0.1, 0.15) is 11.6 Å². The number of aliphatic hydroxyl groups is 1. The molecule has 1 aromatic carbocycles. The van der Waals surface area contributed by atoms with Crippen LogP contribution in [0.2, 0.25) is 0 Å². The highest BCUT2D eigenvalue weighted by Crippen LogP contribution is 2.22. The molecule has 3 rings (SSSR count). The molecule has 3 aromatic rings. The Labute approximate surface area is 140 Å². The van der Waals surface area contributed by atoms with Gasteiger partial charge in [0.25, 0.3) is 0 Å². The van der Waals surface area contributed by atoms with Crippen LogP contribution in [0.1, 0.15) is 12.7 Å². The van der Waals surface area contributed by atoms with E-state index >= 15 is 0 Å². The topological polar surface area (TPSA) is 83.2 Å². The van der Waals surface area contributed by atoms with Crippen LogP contribution in [0.4, 0.5) is 11.8 Å². The molecular weight excluding hydrogens is 304 g/mol. The monoisotopic (exact) mass is 324 g/mol. The van der Waals surface area contributed by atoms with Crippen molar-refractivity contribution in [3.63, 3.8) is 0 Å². The van der Waals surface area contributed by atoms with Crippen molar-refractivity contribution in [3.8, 4) is 11.3 Å². The highest BCUT2D eigenvalue weighted by molar-refractivity contribution is 5.64. The second kappa shape index (κ2) is 7.61. The maximum Gasteiger partial charge on any atom is 0.225 e. The lowest BCUT2D eigenvalue weighted by Gasteiger charge is -2.14. The molecule has 0 saturated carbocycles. The fourth-order valence-corrected chi connectivity index (χ4v) is 2.22. The van der Waals surface area contributed by atoms with Gasteiger partial charge >= 0.3 is 0 Å². The zero-order valence-electron chi connectivity index (χ0n) is 13.4. The maximum atomic E-state index is 9.23. The second-order valence-electron chi connectivity index (χ2n) is 5.49. The molecule has 6 nitrogen and oxygen atoms in total. The summed E-state index contributed by atoms with van der Waals surface area (Å²) in [6, 6.07) is 15.4. The third kappa shape index (κ3) is 4.11. The first-order valence-corrected chi connectivity index (χ1v) is 7.83. The summed E-state index contributed by atoms with van der Waals surface area (Å²) in [4.78, 5) is 9.00. The normalized spacial score (nSPS) is 11.9. The smallest absolute Gasteiger partial charge is 0.225 e. The van der Waals surface area contributed by atoms with Crippen molar-refractivity contribution in [3.05, 3.63) is 60.6 Å². The van der Waals surface area contributed by atoms with Crippen LogP contribution in [-0.2, 0) is 6.54 Å². The summed E-state index contributed by atoms with van der Waals surface area (Å²) < 4.78 is 5.33. The first kappa shape index (κ1) is 16.0. The summed E-state index contributed by atoms with van der Waals surface area (Å²) in [7, 11) is 0. The summed E-state index contributed by atoms with van der Waals surface area (Å²) in [5.74, 6) is 1.99.